The number of aromatic amines is 1. The van der Waals surface area contributed by atoms with E-state index in [1.54, 1.807) is 60.7 Å². The molecule has 0 saturated carbocycles. The molecule has 2 heterocycles. The fourth-order valence-electron chi connectivity index (χ4n) is 3.58. The lowest BCUT2D eigenvalue weighted by atomic mass is 10.1. The molecule has 0 saturated heterocycles. The van der Waals surface area contributed by atoms with Gasteiger partial charge in [-0.25, -0.2) is 22.8 Å². The van der Waals surface area contributed by atoms with E-state index in [-0.39, 0.29) is 10.7 Å². The standard InChI is InChI=1S/C25H19FN4O2S/c1-16-2-12-21(13-3-16)33(31,32)30-20-10-6-18(7-11-20)24-22-14-23(29-25(22)28-15-27-24)17-4-8-19(26)9-5-17/h2-15,30H,1H3,(H,27,28,29). The number of benzene rings is 3. The molecule has 2 aromatic heterocycles. The SMILES string of the molecule is Cc1ccc(S(=O)(=O)Nc2ccc(-c3ncnc4[nH]c(-c5ccc(F)cc5)cc34)cc2)cc1. The van der Waals surface area contributed by atoms with Gasteiger partial charge in [0.1, 0.15) is 17.8 Å². The summed E-state index contributed by atoms with van der Waals surface area (Å²) in [4.78, 5) is 12.2. The second-order valence-corrected chi connectivity index (χ2v) is 9.35. The molecule has 2 N–H and O–H groups in total. The molecule has 5 rings (SSSR count). The highest BCUT2D eigenvalue weighted by Gasteiger charge is 2.15. The highest BCUT2D eigenvalue weighted by atomic mass is 32.2. The summed E-state index contributed by atoms with van der Waals surface area (Å²) >= 11 is 0. The monoisotopic (exact) mass is 458 g/mol. The number of hydrogen-bond acceptors (Lipinski definition) is 4. The van der Waals surface area contributed by atoms with E-state index in [4.69, 9.17) is 0 Å². The predicted octanol–water partition coefficient (Wildman–Crippen LogP) is 5.54. The number of sulfonamides is 1. The van der Waals surface area contributed by atoms with Crippen LogP contribution in [0.1, 0.15) is 5.56 Å². The normalized spacial score (nSPS) is 11.6. The lowest BCUT2D eigenvalue weighted by Crippen LogP contribution is -2.12. The van der Waals surface area contributed by atoms with Crippen LogP contribution in [0.2, 0.25) is 0 Å². The quantitative estimate of drug-likeness (QED) is 0.362. The zero-order valence-electron chi connectivity index (χ0n) is 17.6. The van der Waals surface area contributed by atoms with Crippen LogP contribution < -0.4 is 4.72 Å². The molecule has 0 atom stereocenters. The van der Waals surface area contributed by atoms with Crippen LogP contribution in [0, 0.1) is 12.7 Å². The van der Waals surface area contributed by atoms with Gasteiger partial charge in [-0.15, -0.1) is 0 Å². The molecule has 0 aliphatic rings. The van der Waals surface area contributed by atoms with Gasteiger partial charge in [0, 0.05) is 22.3 Å². The third kappa shape index (κ3) is 4.20. The van der Waals surface area contributed by atoms with Gasteiger partial charge in [0.25, 0.3) is 10.0 Å². The van der Waals surface area contributed by atoms with Crippen LogP contribution in [-0.2, 0) is 10.0 Å². The van der Waals surface area contributed by atoms with Crippen LogP contribution in [0.4, 0.5) is 10.1 Å². The van der Waals surface area contributed by atoms with E-state index in [1.165, 1.54) is 18.5 Å². The summed E-state index contributed by atoms with van der Waals surface area (Å²) in [5.74, 6) is -0.298. The van der Waals surface area contributed by atoms with Gasteiger partial charge in [0.2, 0.25) is 0 Å². The first kappa shape index (κ1) is 20.8. The van der Waals surface area contributed by atoms with Gasteiger partial charge in [0.15, 0.2) is 0 Å². The van der Waals surface area contributed by atoms with E-state index < -0.39 is 10.0 Å². The summed E-state index contributed by atoms with van der Waals surface area (Å²) in [5, 5.41) is 0.810. The lowest BCUT2D eigenvalue weighted by molar-refractivity contribution is 0.601. The highest BCUT2D eigenvalue weighted by molar-refractivity contribution is 7.92. The van der Waals surface area contributed by atoms with Crippen molar-refractivity contribution < 1.29 is 12.8 Å². The largest absolute Gasteiger partial charge is 0.339 e. The van der Waals surface area contributed by atoms with E-state index in [1.807, 2.05) is 13.0 Å². The molecule has 0 spiro atoms. The Bertz CT molecular complexity index is 1540. The molecule has 0 aliphatic carbocycles. The molecule has 8 heteroatoms. The molecule has 0 unspecified atom stereocenters. The molecular weight excluding hydrogens is 439 g/mol. The predicted molar refractivity (Wildman–Crippen MR) is 127 cm³/mol. The van der Waals surface area contributed by atoms with Gasteiger partial charge in [-0.05, 0) is 67.1 Å². The summed E-state index contributed by atoms with van der Waals surface area (Å²) < 4.78 is 41.2. The molecule has 0 amide bonds. The summed E-state index contributed by atoms with van der Waals surface area (Å²) in [6, 6.07) is 21.8. The van der Waals surface area contributed by atoms with Crippen molar-refractivity contribution in [3.8, 4) is 22.5 Å². The van der Waals surface area contributed by atoms with Crippen LogP contribution in [-0.4, -0.2) is 23.4 Å². The van der Waals surface area contributed by atoms with Crippen LogP contribution >= 0.6 is 0 Å². The molecule has 164 valence electrons. The minimum Gasteiger partial charge on any atom is -0.339 e. The average molecular weight is 459 g/mol. The van der Waals surface area contributed by atoms with E-state index in [9.17, 15) is 12.8 Å². The van der Waals surface area contributed by atoms with Crippen molar-refractivity contribution in [1.29, 1.82) is 0 Å². The van der Waals surface area contributed by atoms with Gasteiger partial charge in [-0.3, -0.25) is 4.72 Å². The Hall–Kier alpha value is -4.04. The first-order valence-electron chi connectivity index (χ1n) is 10.2. The van der Waals surface area contributed by atoms with Crippen LogP contribution in [0.15, 0.2) is 90.1 Å². The number of anilines is 1. The van der Waals surface area contributed by atoms with Crippen molar-refractivity contribution in [2.75, 3.05) is 4.72 Å². The Morgan fingerprint density at radius 2 is 1.52 bits per heavy atom. The number of halogens is 1. The van der Waals surface area contributed by atoms with E-state index in [0.29, 0.717) is 17.0 Å². The van der Waals surface area contributed by atoms with Gasteiger partial charge in [-0.1, -0.05) is 29.8 Å². The summed E-state index contributed by atoms with van der Waals surface area (Å²) in [7, 11) is -3.68. The van der Waals surface area contributed by atoms with Crippen LogP contribution in [0.25, 0.3) is 33.5 Å². The maximum Gasteiger partial charge on any atom is 0.261 e. The smallest absolute Gasteiger partial charge is 0.261 e. The molecule has 0 fully saturated rings. The van der Waals surface area contributed by atoms with Crippen molar-refractivity contribution in [1.82, 2.24) is 15.0 Å². The number of fused-ring (bicyclic) bond motifs is 1. The third-order valence-corrected chi connectivity index (χ3v) is 6.72. The van der Waals surface area contributed by atoms with Crippen molar-refractivity contribution in [2.45, 2.75) is 11.8 Å². The second-order valence-electron chi connectivity index (χ2n) is 7.67. The van der Waals surface area contributed by atoms with Gasteiger partial charge in [-0.2, -0.15) is 0 Å². The fourth-order valence-corrected chi connectivity index (χ4v) is 4.64. The summed E-state index contributed by atoms with van der Waals surface area (Å²) in [5.41, 5.74) is 5.24. The molecule has 0 aliphatic heterocycles. The minimum atomic E-state index is -3.68. The Balaban J connectivity index is 1.45. The van der Waals surface area contributed by atoms with Gasteiger partial charge < -0.3 is 4.98 Å². The Kier molecular flexibility index (Phi) is 5.14. The maximum atomic E-state index is 13.3. The van der Waals surface area contributed by atoms with Crippen LogP contribution in [0.5, 0.6) is 0 Å². The fraction of sp³-hybridized carbons (Fsp3) is 0.0400. The number of aromatic nitrogens is 3. The molecule has 3 aromatic carbocycles. The van der Waals surface area contributed by atoms with Gasteiger partial charge >= 0.3 is 0 Å². The lowest BCUT2D eigenvalue weighted by Gasteiger charge is -2.09. The Morgan fingerprint density at radius 3 is 2.21 bits per heavy atom. The summed E-state index contributed by atoms with van der Waals surface area (Å²) in [6.45, 7) is 1.90. The topological polar surface area (TPSA) is 87.7 Å². The van der Waals surface area contributed by atoms with Crippen molar-refractivity contribution in [3.63, 3.8) is 0 Å². The zero-order valence-corrected chi connectivity index (χ0v) is 18.4. The van der Waals surface area contributed by atoms with E-state index >= 15 is 0 Å². The average Bonchev–Trinajstić information content (AvgIpc) is 3.25. The number of H-pyrrole nitrogens is 1. The first-order valence-corrected chi connectivity index (χ1v) is 11.7. The van der Waals surface area contributed by atoms with Crippen molar-refractivity contribution in [3.05, 3.63) is 96.6 Å². The molecule has 6 nitrogen and oxygen atoms in total. The highest BCUT2D eigenvalue weighted by Crippen LogP contribution is 2.30. The molecule has 0 bridgehead atoms. The number of nitrogens with one attached hydrogen (secondary N) is 2. The number of rotatable bonds is 5. The molecule has 5 aromatic rings. The van der Waals surface area contributed by atoms with Gasteiger partial charge in [0.05, 0.1) is 10.6 Å². The van der Waals surface area contributed by atoms with E-state index in [2.05, 4.69) is 19.7 Å². The first-order chi connectivity index (χ1) is 15.9. The number of aryl methyl sites for hydroxylation is 1. The Labute approximate surface area is 190 Å². The van der Waals surface area contributed by atoms with E-state index in [0.717, 1.165) is 27.8 Å². The number of nitrogens with zero attached hydrogens (tertiary/aromatic N) is 2. The Morgan fingerprint density at radius 1 is 0.848 bits per heavy atom. The third-order valence-electron chi connectivity index (χ3n) is 5.32. The molecule has 33 heavy (non-hydrogen) atoms. The zero-order chi connectivity index (χ0) is 23.0. The summed E-state index contributed by atoms with van der Waals surface area (Å²) in [6.07, 6.45) is 1.47. The van der Waals surface area contributed by atoms with Crippen molar-refractivity contribution in [2.24, 2.45) is 0 Å². The van der Waals surface area contributed by atoms with Crippen LogP contribution in [0.3, 0.4) is 0 Å². The maximum absolute atomic E-state index is 13.3. The second kappa shape index (κ2) is 8.14. The molecule has 0 radical (unpaired) electrons. The number of hydrogen-bond donors (Lipinski definition) is 2. The van der Waals surface area contributed by atoms with Crippen molar-refractivity contribution >= 4 is 26.7 Å². The molecular formula is C25H19FN4O2S. The minimum absolute atomic E-state index is 0.204.